The van der Waals surface area contributed by atoms with Gasteiger partial charge >= 0.3 is 0 Å². The number of rotatable bonds is 5. The van der Waals surface area contributed by atoms with Crippen molar-refractivity contribution in [3.8, 4) is 11.5 Å². The van der Waals surface area contributed by atoms with Crippen molar-refractivity contribution in [2.75, 3.05) is 0 Å². The minimum absolute atomic E-state index is 0.108. The van der Waals surface area contributed by atoms with E-state index in [0.29, 0.717) is 20.3 Å². The maximum atomic E-state index is 12.0. The molecule has 2 aromatic rings. The van der Waals surface area contributed by atoms with Crippen LogP contribution in [0.15, 0.2) is 50.4 Å². The number of benzene rings is 2. The number of aryl methyl sites for hydroxylation is 1. The van der Waals surface area contributed by atoms with E-state index >= 15 is 0 Å². The number of para-hydroxylation sites is 1. The summed E-state index contributed by atoms with van der Waals surface area (Å²) in [5.41, 5.74) is 4.10. The van der Waals surface area contributed by atoms with Crippen LogP contribution in [0.1, 0.15) is 18.1 Å². The molecule has 0 aliphatic rings. The molecular formula is C17H16Br2N2O3. The fraction of sp³-hybridized carbons (Fsp3) is 0.176. The number of aromatic hydroxyl groups is 1. The van der Waals surface area contributed by atoms with Gasteiger partial charge in [-0.05, 0) is 75.0 Å². The van der Waals surface area contributed by atoms with Gasteiger partial charge in [0.25, 0.3) is 5.91 Å². The van der Waals surface area contributed by atoms with Gasteiger partial charge in [-0.15, -0.1) is 0 Å². The second-order valence-corrected chi connectivity index (χ2v) is 6.80. The lowest BCUT2D eigenvalue weighted by atomic mass is 10.2. The summed E-state index contributed by atoms with van der Waals surface area (Å²) in [7, 11) is 0. The smallest absolute Gasteiger partial charge is 0.280 e. The zero-order chi connectivity index (χ0) is 17.7. The van der Waals surface area contributed by atoms with Crippen molar-refractivity contribution in [3.63, 3.8) is 0 Å². The Balaban J connectivity index is 1.96. The third kappa shape index (κ3) is 4.82. The molecule has 0 radical (unpaired) electrons. The summed E-state index contributed by atoms with van der Waals surface area (Å²) < 4.78 is 6.69. The van der Waals surface area contributed by atoms with Gasteiger partial charge in [-0.1, -0.05) is 18.2 Å². The van der Waals surface area contributed by atoms with Gasteiger partial charge in [-0.3, -0.25) is 4.79 Å². The summed E-state index contributed by atoms with van der Waals surface area (Å²) in [5, 5.41) is 13.6. The number of amides is 1. The lowest BCUT2D eigenvalue weighted by Crippen LogP contribution is -2.33. The maximum absolute atomic E-state index is 12.0. The fourth-order valence-corrected chi connectivity index (χ4v) is 3.08. The topological polar surface area (TPSA) is 70.9 Å². The van der Waals surface area contributed by atoms with E-state index in [1.165, 1.54) is 6.21 Å². The number of hydrogen-bond donors (Lipinski definition) is 2. The van der Waals surface area contributed by atoms with Crippen LogP contribution in [0.2, 0.25) is 0 Å². The average molecular weight is 456 g/mol. The van der Waals surface area contributed by atoms with E-state index in [0.717, 1.165) is 5.56 Å². The molecular weight excluding hydrogens is 440 g/mol. The largest absolute Gasteiger partial charge is 0.506 e. The molecule has 0 saturated heterocycles. The van der Waals surface area contributed by atoms with Gasteiger partial charge < -0.3 is 9.84 Å². The molecule has 1 amide bonds. The van der Waals surface area contributed by atoms with Crippen LogP contribution in [0, 0.1) is 6.92 Å². The molecule has 7 heteroatoms. The Labute approximate surface area is 157 Å². The SMILES string of the molecule is Cc1ccccc1OC(C)C(=O)N/N=C/c1cc(Br)c(O)c(Br)c1. The molecule has 1 unspecified atom stereocenters. The minimum atomic E-state index is -0.679. The highest BCUT2D eigenvalue weighted by molar-refractivity contribution is 9.11. The van der Waals surface area contributed by atoms with Gasteiger partial charge in [-0.2, -0.15) is 5.10 Å². The van der Waals surface area contributed by atoms with Crippen molar-refractivity contribution < 1.29 is 14.6 Å². The van der Waals surface area contributed by atoms with Crippen LogP contribution >= 0.6 is 31.9 Å². The molecule has 0 bridgehead atoms. The van der Waals surface area contributed by atoms with E-state index in [9.17, 15) is 9.90 Å². The predicted octanol–water partition coefficient (Wildman–Crippen LogP) is 4.14. The van der Waals surface area contributed by atoms with Crippen LogP contribution in [-0.4, -0.2) is 23.3 Å². The molecule has 126 valence electrons. The normalized spacial score (nSPS) is 12.2. The summed E-state index contributed by atoms with van der Waals surface area (Å²) in [6.07, 6.45) is 0.800. The Bertz CT molecular complexity index is 755. The zero-order valence-corrected chi connectivity index (χ0v) is 16.3. The summed E-state index contributed by atoms with van der Waals surface area (Å²) >= 11 is 6.47. The Hall–Kier alpha value is -1.86. The van der Waals surface area contributed by atoms with Crippen LogP contribution in [0.5, 0.6) is 11.5 Å². The number of nitrogens with one attached hydrogen (secondary N) is 1. The number of phenolic OH excluding ortho intramolecular Hbond substituents is 1. The molecule has 0 heterocycles. The molecule has 2 N–H and O–H groups in total. The van der Waals surface area contributed by atoms with Crippen LogP contribution in [0.25, 0.3) is 0 Å². The van der Waals surface area contributed by atoms with E-state index in [4.69, 9.17) is 4.74 Å². The molecule has 24 heavy (non-hydrogen) atoms. The lowest BCUT2D eigenvalue weighted by molar-refractivity contribution is -0.127. The van der Waals surface area contributed by atoms with Crippen LogP contribution in [0.3, 0.4) is 0 Å². The van der Waals surface area contributed by atoms with Crippen molar-refractivity contribution >= 4 is 44.0 Å². The Kier molecular flexibility index (Phi) is 6.39. The van der Waals surface area contributed by atoms with Crippen LogP contribution in [-0.2, 0) is 4.79 Å². The van der Waals surface area contributed by atoms with Gasteiger partial charge in [0, 0.05) is 0 Å². The number of phenols is 1. The third-order valence-corrected chi connectivity index (χ3v) is 4.40. The monoisotopic (exact) mass is 454 g/mol. The number of hydrazone groups is 1. The van der Waals surface area contributed by atoms with E-state index in [1.807, 2.05) is 31.2 Å². The average Bonchev–Trinajstić information content (AvgIpc) is 2.54. The number of ether oxygens (including phenoxy) is 1. The third-order valence-electron chi connectivity index (χ3n) is 3.19. The van der Waals surface area contributed by atoms with Gasteiger partial charge in [0.1, 0.15) is 11.5 Å². The first-order valence-corrected chi connectivity index (χ1v) is 8.70. The minimum Gasteiger partial charge on any atom is -0.506 e. The van der Waals surface area contributed by atoms with Crippen molar-refractivity contribution in [3.05, 3.63) is 56.5 Å². The Morgan fingerprint density at radius 1 is 1.29 bits per heavy atom. The van der Waals surface area contributed by atoms with Gasteiger partial charge in [0.15, 0.2) is 6.10 Å². The number of carbonyl (C=O) groups is 1. The summed E-state index contributed by atoms with van der Waals surface area (Å²) in [6.45, 7) is 3.57. The highest BCUT2D eigenvalue weighted by atomic mass is 79.9. The van der Waals surface area contributed by atoms with Gasteiger partial charge in [0.05, 0.1) is 15.2 Å². The summed E-state index contributed by atoms with van der Waals surface area (Å²) in [6, 6.07) is 10.9. The molecule has 0 aliphatic carbocycles. The summed E-state index contributed by atoms with van der Waals surface area (Å²) in [4.78, 5) is 12.0. The van der Waals surface area contributed by atoms with Crippen molar-refractivity contribution in [1.82, 2.24) is 5.43 Å². The van der Waals surface area contributed by atoms with E-state index in [1.54, 1.807) is 19.1 Å². The molecule has 0 saturated carbocycles. The number of nitrogens with zero attached hydrogens (tertiary/aromatic N) is 1. The number of hydrogen-bond acceptors (Lipinski definition) is 4. The first-order valence-electron chi connectivity index (χ1n) is 7.11. The zero-order valence-electron chi connectivity index (χ0n) is 13.1. The lowest BCUT2D eigenvalue weighted by Gasteiger charge is -2.14. The molecule has 0 aliphatic heterocycles. The van der Waals surface area contributed by atoms with E-state index < -0.39 is 6.10 Å². The quantitative estimate of drug-likeness (QED) is 0.525. The van der Waals surface area contributed by atoms with Crippen LogP contribution < -0.4 is 10.2 Å². The maximum Gasteiger partial charge on any atom is 0.280 e. The van der Waals surface area contributed by atoms with Gasteiger partial charge in [0.2, 0.25) is 0 Å². The number of carbonyl (C=O) groups excluding carboxylic acids is 1. The molecule has 0 aromatic heterocycles. The molecule has 2 rings (SSSR count). The van der Waals surface area contributed by atoms with Crippen molar-refractivity contribution in [2.24, 2.45) is 5.10 Å². The first kappa shape index (κ1) is 18.5. The number of halogens is 2. The van der Waals surface area contributed by atoms with E-state index in [-0.39, 0.29) is 11.7 Å². The molecule has 1 atom stereocenters. The fourth-order valence-electron chi connectivity index (χ4n) is 1.85. The molecule has 5 nitrogen and oxygen atoms in total. The van der Waals surface area contributed by atoms with Crippen molar-refractivity contribution in [2.45, 2.75) is 20.0 Å². The highest BCUT2D eigenvalue weighted by Gasteiger charge is 2.14. The van der Waals surface area contributed by atoms with E-state index in [2.05, 4.69) is 42.4 Å². The molecule has 0 spiro atoms. The summed E-state index contributed by atoms with van der Waals surface area (Å²) in [5.74, 6) is 0.415. The highest BCUT2D eigenvalue weighted by Crippen LogP contribution is 2.32. The second kappa shape index (κ2) is 8.30. The van der Waals surface area contributed by atoms with Crippen LogP contribution in [0.4, 0.5) is 0 Å². The predicted molar refractivity (Wildman–Crippen MR) is 101 cm³/mol. The Morgan fingerprint density at radius 3 is 2.54 bits per heavy atom. The Morgan fingerprint density at radius 2 is 1.92 bits per heavy atom. The standard InChI is InChI=1S/C17H16Br2N2O3/c1-10-5-3-4-6-15(10)24-11(2)17(23)21-20-9-12-7-13(18)16(22)14(19)8-12/h3-9,11,22H,1-2H3,(H,21,23)/b20-9+. The molecule has 2 aromatic carbocycles. The first-order chi connectivity index (χ1) is 11.4. The van der Waals surface area contributed by atoms with Gasteiger partial charge in [-0.25, -0.2) is 5.43 Å². The van der Waals surface area contributed by atoms with Crippen molar-refractivity contribution in [1.29, 1.82) is 0 Å². The second-order valence-electron chi connectivity index (χ2n) is 5.09. The molecule has 0 fully saturated rings.